The molecule has 5 N–H and O–H groups in total. The molecule has 0 bridgehead atoms. The molecule has 1 unspecified atom stereocenters. The zero-order valence-electron chi connectivity index (χ0n) is 11.1. The number of aromatic amines is 1. The van der Waals surface area contributed by atoms with Gasteiger partial charge in [-0.25, -0.2) is 0 Å². The Morgan fingerprint density at radius 1 is 1.29 bits per heavy atom. The number of benzene rings is 1. The first-order chi connectivity index (χ1) is 9.77. The van der Waals surface area contributed by atoms with Gasteiger partial charge in [-0.2, -0.15) is 8.42 Å². The van der Waals surface area contributed by atoms with Crippen molar-refractivity contribution in [3.63, 3.8) is 0 Å². The third-order valence-corrected chi connectivity index (χ3v) is 3.44. The number of aromatic nitrogens is 1. The van der Waals surface area contributed by atoms with Gasteiger partial charge in [0, 0.05) is 16.6 Å². The van der Waals surface area contributed by atoms with Crippen molar-refractivity contribution in [1.29, 1.82) is 0 Å². The van der Waals surface area contributed by atoms with E-state index in [-0.39, 0.29) is 11.8 Å². The molecular formula is C13H16N2O5S. The summed E-state index contributed by atoms with van der Waals surface area (Å²) in [5.74, 6) is -0.314. The van der Waals surface area contributed by atoms with Gasteiger partial charge in [0.25, 0.3) is 0 Å². The number of aryl methyl sites for hydroxylation is 1. The van der Waals surface area contributed by atoms with Gasteiger partial charge in [0.1, 0.15) is 0 Å². The van der Waals surface area contributed by atoms with E-state index in [2.05, 4.69) is 11.1 Å². The normalized spacial score (nSPS) is 17.7. The van der Waals surface area contributed by atoms with E-state index in [1.807, 2.05) is 18.2 Å². The molecule has 1 aromatic heterocycles. The van der Waals surface area contributed by atoms with Gasteiger partial charge < -0.3 is 10.7 Å². The molecule has 1 heterocycles. The summed E-state index contributed by atoms with van der Waals surface area (Å²) in [7, 11) is -4.67. The molecule has 1 aliphatic carbocycles. The SMILES string of the molecule is NC(=O)C1CCCc2[nH]c3ccccc3c21.O=S(=O)(O)O. The fourth-order valence-corrected chi connectivity index (χ4v) is 2.73. The molecule has 114 valence electrons. The molecule has 3 rings (SSSR count). The van der Waals surface area contributed by atoms with Crippen LogP contribution in [0.3, 0.4) is 0 Å². The largest absolute Gasteiger partial charge is 0.394 e. The number of hydrogen-bond acceptors (Lipinski definition) is 3. The molecule has 1 atom stereocenters. The van der Waals surface area contributed by atoms with E-state index in [4.69, 9.17) is 23.3 Å². The molecule has 0 spiro atoms. The third kappa shape index (κ3) is 3.81. The van der Waals surface area contributed by atoms with Crippen LogP contribution in [0.2, 0.25) is 0 Å². The fourth-order valence-electron chi connectivity index (χ4n) is 2.73. The highest BCUT2D eigenvalue weighted by atomic mass is 32.3. The first-order valence-electron chi connectivity index (χ1n) is 6.36. The number of rotatable bonds is 1. The number of para-hydroxylation sites is 1. The van der Waals surface area contributed by atoms with Crippen molar-refractivity contribution in [1.82, 2.24) is 4.98 Å². The molecule has 0 aliphatic heterocycles. The first-order valence-corrected chi connectivity index (χ1v) is 7.75. The molecule has 1 amide bonds. The van der Waals surface area contributed by atoms with Crippen molar-refractivity contribution in [2.75, 3.05) is 0 Å². The maximum Gasteiger partial charge on any atom is 0.394 e. The Hall–Kier alpha value is -1.90. The first kappa shape index (κ1) is 15.5. The summed E-state index contributed by atoms with van der Waals surface area (Å²) in [5, 5.41) is 1.15. The highest BCUT2D eigenvalue weighted by Crippen LogP contribution is 2.36. The summed E-state index contributed by atoms with van der Waals surface area (Å²) in [6.45, 7) is 0. The summed E-state index contributed by atoms with van der Waals surface area (Å²) >= 11 is 0. The van der Waals surface area contributed by atoms with Gasteiger partial charge in [0.15, 0.2) is 0 Å². The summed E-state index contributed by atoms with van der Waals surface area (Å²) in [6.07, 6.45) is 2.94. The number of amides is 1. The molecule has 0 saturated carbocycles. The Kier molecular flexibility index (Phi) is 4.31. The summed E-state index contributed by atoms with van der Waals surface area (Å²) < 4.78 is 31.6. The number of H-pyrrole nitrogens is 1. The van der Waals surface area contributed by atoms with Crippen LogP contribution in [0.5, 0.6) is 0 Å². The van der Waals surface area contributed by atoms with Gasteiger partial charge in [0.05, 0.1) is 5.92 Å². The molecule has 2 aromatic rings. The zero-order valence-corrected chi connectivity index (χ0v) is 11.9. The minimum absolute atomic E-state index is 0.111. The number of hydrogen-bond donors (Lipinski definition) is 4. The van der Waals surface area contributed by atoms with Crippen LogP contribution in [0.15, 0.2) is 24.3 Å². The average molecular weight is 312 g/mol. The van der Waals surface area contributed by atoms with Crippen LogP contribution in [0.25, 0.3) is 10.9 Å². The van der Waals surface area contributed by atoms with Gasteiger partial charge in [-0.1, -0.05) is 18.2 Å². The molecule has 0 fully saturated rings. The molecule has 1 aromatic carbocycles. The van der Waals surface area contributed by atoms with Crippen LogP contribution in [-0.2, 0) is 21.6 Å². The van der Waals surface area contributed by atoms with Crippen LogP contribution in [0, 0.1) is 0 Å². The Bertz CT molecular complexity index is 758. The average Bonchev–Trinajstić information content (AvgIpc) is 2.74. The van der Waals surface area contributed by atoms with Crippen molar-refractivity contribution < 1.29 is 22.3 Å². The second-order valence-corrected chi connectivity index (χ2v) is 5.75. The van der Waals surface area contributed by atoms with Gasteiger partial charge in [-0.15, -0.1) is 0 Å². The number of nitrogens with two attached hydrogens (primary N) is 1. The van der Waals surface area contributed by atoms with E-state index in [0.29, 0.717) is 0 Å². The van der Waals surface area contributed by atoms with Crippen molar-refractivity contribution in [2.24, 2.45) is 5.73 Å². The number of carbonyl (C=O) groups is 1. The van der Waals surface area contributed by atoms with E-state index >= 15 is 0 Å². The molecular weight excluding hydrogens is 296 g/mol. The maximum absolute atomic E-state index is 11.5. The highest BCUT2D eigenvalue weighted by molar-refractivity contribution is 7.79. The lowest BCUT2D eigenvalue weighted by Gasteiger charge is -2.19. The Morgan fingerprint density at radius 2 is 1.90 bits per heavy atom. The molecule has 1 aliphatic rings. The number of primary amides is 1. The van der Waals surface area contributed by atoms with E-state index in [0.717, 1.165) is 35.7 Å². The van der Waals surface area contributed by atoms with Gasteiger partial charge in [0.2, 0.25) is 5.91 Å². The van der Waals surface area contributed by atoms with Crippen molar-refractivity contribution in [3.8, 4) is 0 Å². The quantitative estimate of drug-likeness (QED) is 0.591. The van der Waals surface area contributed by atoms with Crippen LogP contribution in [-0.4, -0.2) is 28.4 Å². The molecule has 0 saturated heterocycles. The number of fused-ring (bicyclic) bond motifs is 3. The van der Waals surface area contributed by atoms with E-state index in [9.17, 15) is 4.79 Å². The van der Waals surface area contributed by atoms with Crippen LogP contribution < -0.4 is 5.73 Å². The van der Waals surface area contributed by atoms with Crippen molar-refractivity contribution >= 4 is 27.2 Å². The lowest BCUT2D eigenvalue weighted by molar-refractivity contribution is -0.119. The Morgan fingerprint density at radius 3 is 2.52 bits per heavy atom. The van der Waals surface area contributed by atoms with Crippen LogP contribution in [0.1, 0.15) is 30.0 Å². The lowest BCUT2D eigenvalue weighted by atomic mass is 9.85. The Labute approximate surface area is 121 Å². The second-order valence-electron chi connectivity index (χ2n) is 4.86. The van der Waals surface area contributed by atoms with Gasteiger partial charge >= 0.3 is 10.4 Å². The van der Waals surface area contributed by atoms with Crippen molar-refractivity contribution in [3.05, 3.63) is 35.5 Å². The smallest absolute Gasteiger partial charge is 0.369 e. The number of carbonyl (C=O) groups excluding carboxylic acids is 1. The van der Waals surface area contributed by atoms with Gasteiger partial charge in [-0.05, 0) is 30.9 Å². The van der Waals surface area contributed by atoms with E-state index in [1.54, 1.807) is 0 Å². The minimum Gasteiger partial charge on any atom is -0.369 e. The third-order valence-electron chi connectivity index (χ3n) is 3.44. The van der Waals surface area contributed by atoms with E-state index < -0.39 is 10.4 Å². The van der Waals surface area contributed by atoms with Gasteiger partial charge in [-0.3, -0.25) is 13.9 Å². The number of nitrogens with one attached hydrogen (secondary N) is 1. The summed E-state index contributed by atoms with van der Waals surface area (Å²) in [5.41, 5.74) is 8.92. The predicted molar refractivity (Wildman–Crippen MR) is 77.3 cm³/mol. The maximum atomic E-state index is 11.5. The fraction of sp³-hybridized carbons (Fsp3) is 0.308. The van der Waals surface area contributed by atoms with E-state index in [1.165, 1.54) is 5.69 Å². The monoisotopic (exact) mass is 312 g/mol. The van der Waals surface area contributed by atoms with Crippen molar-refractivity contribution in [2.45, 2.75) is 25.2 Å². The molecule has 8 heteroatoms. The molecule has 7 nitrogen and oxygen atoms in total. The summed E-state index contributed by atoms with van der Waals surface area (Å²) in [6, 6.07) is 8.12. The Balaban J connectivity index is 0.000000282. The van der Waals surface area contributed by atoms with Crippen LogP contribution >= 0.6 is 0 Å². The standard InChI is InChI=1S/C13H14N2O.H2O4S/c14-13(16)9-5-3-7-11-12(9)8-4-1-2-6-10(8)15-11;1-5(2,3)4/h1-2,4,6,9,15H,3,5,7H2,(H2,14,16);(H2,1,2,3,4). The second kappa shape index (κ2) is 5.84. The minimum atomic E-state index is -4.67. The highest BCUT2D eigenvalue weighted by Gasteiger charge is 2.27. The topological polar surface area (TPSA) is 133 Å². The molecule has 0 radical (unpaired) electrons. The summed E-state index contributed by atoms with van der Waals surface area (Å²) in [4.78, 5) is 14.9. The molecule has 21 heavy (non-hydrogen) atoms. The lowest BCUT2D eigenvalue weighted by Crippen LogP contribution is -2.24. The zero-order chi connectivity index (χ0) is 15.6. The van der Waals surface area contributed by atoms with Crippen LogP contribution in [0.4, 0.5) is 0 Å². The predicted octanol–water partition coefficient (Wildman–Crippen LogP) is 1.42.